The quantitative estimate of drug-likeness (QED) is 0.615. The molecule has 7 nitrogen and oxygen atoms in total. The normalized spacial score (nSPS) is 15.7. The van der Waals surface area contributed by atoms with Gasteiger partial charge >= 0.3 is 0 Å². The topological polar surface area (TPSA) is 113 Å². The number of nitrogens with zero attached hydrogens (tertiary/aromatic N) is 1. The number of nitrogen functional groups attached to an aromatic ring is 1. The van der Waals surface area contributed by atoms with Crippen LogP contribution < -0.4 is 21.9 Å². The van der Waals surface area contributed by atoms with E-state index in [0.717, 1.165) is 12.8 Å². The zero-order valence-electron chi connectivity index (χ0n) is 11.6. The van der Waals surface area contributed by atoms with E-state index in [1.165, 1.54) is 0 Å². The summed E-state index contributed by atoms with van der Waals surface area (Å²) in [7, 11) is 0. The Bertz CT molecular complexity index is 751. The Kier molecular flexibility index (Phi) is 3.25. The van der Waals surface area contributed by atoms with Gasteiger partial charge in [0.2, 0.25) is 11.9 Å². The van der Waals surface area contributed by atoms with Crippen LogP contribution in [0.1, 0.15) is 19.8 Å². The van der Waals surface area contributed by atoms with Crippen LogP contribution in [0.5, 0.6) is 0 Å². The van der Waals surface area contributed by atoms with Gasteiger partial charge in [0.25, 0.3) is 5.56 Å². The lowest BCUT2D eigenvalue weighted by molar-refractivity contribution is -0.121. The molecule has 0 bridgehead atoms. The van der Waals surface area contributed by atoms with Crippen LogP contribution >= 0.6 is 0 Å². The number of rotatable bonds is 4. The van der Waals surface area contributed by atoms with Crippen molar-refractivity contribution in [2.24, 2.45) is 0 Å². The SMILES string of the molecule is CC(Nc1nc2ccc(N)cc2c(=O)[nH]1)C(=O)NC1CC1. The van der Waals surface area contributed by atoms with Crippen molar-refractivity contribution in [3.63, 3.8) is 0 Å². The van der Waals surface area contributed by atoms with Crippen LogP contribution in [0.2, 0.25) is 0 Å². The molecule has 1 fully saturated rings. The van der Waals surface area contributed by atoms with Crippen molar-refractivity contribution in [1.29, 1.82) is 0 Å². The predicted molar refractivity (Wildman–Crippen MR) is 81.0 cm³/mol. The number of anilines is 2. The number of nitrogens with two attached hydrogens (primary N) is 1. The number of hydrogen-bond donors (Lipinski definition) is 4. The molecule has 21 heavy (non-hydrogen) atoms. The molecule has 1 aliphatic carbocycles. The monoisotopic (exact) mass is 287 g/mol. The summed E-state index contributed by atoms with van der Waals surface area (Å²) in [5, 5.41) is 6.23. The van der Waals surface area contributed by atoms with E-state index in [4.69, 9.17) is 5.73 Å². The fourth-order valence-electron chi connectivity index (χ4n) is 2.05. The van der Waals surface area contributed by atoms with Crippen LogP contribution in [0.4, 0.5) is 11.6 Å². The van der Waals surface area contributed by atoms with E-state index in [2.05, 4.69) is 20.6 Å². The molecular weight excluding hydrogens is 270 g/mol. The molecule has 2 aromatic rings. The molecule has 110 valence electrons. The Morgan fingerprint density at radius 2 is 2.24 bits per heavy atom. The van der Waals surface area contributed by atoms with E-state index in [9.17, 15) is 9.59 Å². The van der Waals surface area contributed by atoms with Crippen molar-refractivity contribution in [3.8, 4) is 0 Å². The molecule has 1 heterocycles. The average molecular weight is 287 g/mol. The summed E-state index contributed by atoms with van der Waals surface area (Å²) >= 11 is 0. The Morgan fingerprint density at radius 3 is 2.95 bits per heavy atom. The lowest BCUT2D eigenvalue weighted by Crippen LogP contribution is -2.39. The van der Waals surface area contributed by atoms with Gasteiger partial charge < -0.3 is 16.4 Å². The maximum absolute atomic E-state index is 12.0. The number of carbonyl (C=O) groups is 1. The van der Waals surface area contributed by atoms with Gasteiger partial charge in [0.05, 0.1) is 10.9 Å². The highest BCUT2D eigenvalue weighted by molar-refractivity contribution is 5.85. The number of aromatic amines is 1. The summed E-state index contributed by atoms with van der Waals surface area (Å²) in [6, 6.07) is 4.77. The molecule has 1 aromatic heterocycles. The van der Waals surface area contributed by atoms with E-state index in [1.807, 2.05) is 0 Å². The van der Waals surface area contributed by atoms with Crippen molar-refractivity contribution >= 4 is 28.4 Å². The summed E-state index contributed by atoms with van der Waals surface area (Å²) in [6.07, 6.45) is 2.07. The van der Waals surface area contributed by atoms with E-state index in [1.54, 1.807) is 25.1 Å². The molecule has 0 aliphatic heterocycles. The first kappa shape index (κ1) is 13.4. The molecule has 1 aromatic carbocycles. The second kappa shape index (κ2) is 5.08. The maximum Gasteiger partial charge on any atom is 0.260 e. The molecule has 1 unspecified atom stereocenters. The second-order valence-corrected chi connectivity index (χ2v) is 5.34. The van der Waals surface area contributed by atoms with Crippen molar-refractivity contribution in [1.82, 2.24) is 15.3 Å². The number of nitrogens with one attached hydrogen (secondary N) is 3. The molecule has 0 saturated heterocycles. The highest BCUT2D eigenvalue weighted by Crippen LogP contribution is 2.19. The van der Waals surface area contributed by atoms with Crippen LogP contribution in [-0.2, 0) is 4.79 Å². The predicted octanol–water partition coefficient (Wildman–Crippen LogP) is 0.584. The van der Waals surface area contributed by atoms with Gasteiger partial charge in [-0.15, -0.1) is 0 Å². The van der Waals surface area contributed by atoms with E-state index in [-0.39, 0.29) is 17.4 Å². The number of H-pyrrole nitrogens is 1. The third kappa shape index (κ3) is 2.96. The second-order valence-electron chi connectivity index (χ2n) is 5.34. The first-order chi connectivity index (χ1) is 10.0. The minimum absolute atomic E-state index is 0.0995. The number of aromatic nitrogens is 2. The standard InChI is InChI=1S/C14H17N5O2/c1-7(12(20)17-9-3-4-9)16-14-18-11-5-2-8(15)6-10(11)13(21)19-14/h2,5-7,9H,3-4,15H2,1H3,(H,17,20)(H2,16,18,19,21). The molecule has 1 amide bonds. The third-order valence-electron chi connectivity index (χ3n) is 3.40. The van der Waals surface area contributed by atoms with Gasteiger partial charge in [0.1, 0.15) is 6.04 Å². The largest absolute Gasteiger partial charge is 0.399 e. The minimum Gasteiger partial charge on any atom is -0.399 e. The zero-order valence-corrected chi connectivity index (χ0v) is 11.6. The van der Waals surface area contributed by atoms with Gasteiger partial charge in [-0.25, -0.2) is 4.98 Å². The van der Waals surface area contributed by atoms with Gasteiger partial charge in [-0.3, -0.25) is 14.6 Å². The fourth-order valence-corrected chi connectivity index (χ4v) is 2.05. The fraction of sp³-hybridized carbons (Fsp3) is 0.357. The van der Waals surface area contributed by atoms with Gasteiger partial charge in [-0.05, 0) is 38.0 Å². The van der Waals surface area contributed by atoms with Crippen molar-refractivity contribution in [2.75, 3.05) is 11.1 Å². The van der Waals surface area contributed by atoms with Crippen LogP contribution in [0.3, 0.4) is 0 Å². The number of benzene rings is 1. The number of amides is 1. The van der Waals surface area contributed by atoms with Crippen LogP contribution in [0.25, 0.3) is 10.9 Å². The highest BCUT2D eigenvalue weighted by atomic mass is 16.2. The Labute approximate surface area is 120 Å². The third-order valence-corrected chi connectivity index (χ3v) is 3.40. The summed E-state index contributed by atoms with van der Waals surface area (Å²) in [5.41, 5.74) is 6.41. The van der Waals surface area contributed by atoms with Gasteiger partial charge in [0, 0.05) is 11.7 Å². The lowest BCUT2D eigenvalue weighted by atomic mass is 10.2. The molecule has 3 rings (SSSR count). The maximum atomic E-state index is 12.0. The van der Waals surface area contributed by atoms with Crippen LogP contribution in [0.15, 0.2) is 23.0 Å². The molecule has 0 spiro atoms. The van der Waals surface area contributed by atoms with Crippen molar-refractivity contribution in [3.05, 3.63) is 28.6 Å². The number of hydrogen-bond acceptors (Lipinski definition) is 5. The molecule has 1 aliphatic rings. The Hall–Kier alpha value is -2.57. The van der Waals surface area contributed by atoms with Crippen molar-refractivity contribution < 1.29 is 4.79 Å². The molecule has 1 saturated carbocycles. The molecule has 1 atom stereocenters. The van der Waals surface area contributed by atoms with Gasteiger partial charge in [-0.2, -0.15) is 0 Å². The number of fused-ring (bicyclic) bond motifs is 1. The summed E-state index contributed by atoms with van der Waals surface area (Å²) in [5.74, 6) is 0.174. The van der Waals surface area contributed by atoms with E-state index < -0.39 is 6.04 Å². The molecule has 5 N–H and O–H groups in total. The number of carbonyl (C=O) groups excluding carboxylic acids is 1. The molecular formula is C14H17N5O2. The first-order valence-electron chi connectivity index (χ1n) is 6.89. The molecule has 7 heteroatoms. The summed E-state index contributed by atoms with van der Waals surface area (Å²) in [4.78, 5) is 30.8. The van der Waals surface area contributed by atoms with Gasteiger partial charge in [0.15, 0.2) is 0 Å². The Balaban J connectivity index is 1.82. The smallest absolute Gasteiger partial charge is 0.260 e. The summed E-state index contributed by atoms with van der Waals surface area (Å²) in [6.45, 7) is 1.73. The van der Waals surface area contributed by atoms with Crippen LogP contribution in [0, 0.1) is 0 Å². The zero-order chi connectivity index (χ0) is 15.0. The highest BCUT2D eigenvalue weighted by Gasteiger charge is 2.25. The summed E-state index contributed by atoms with van der Waals surface area (Å²) < 4.78 is 0. The lowest BCUT2D eigenvalue weighted by Gasteiger charge is -2.14. The van der Waals surface area contributed by atoms with Crippen molar-refractivity contribution in [2.45, 2.75) is 31.8 Å². The van der Waals surface area contributed by atoms with E-state index >= 15 is 0 Å². The van der Waals surface area contributed by atoms with Gasteiger partial charge in [-0.1, -0.05) is 0 Å². The Morgan fingerprint density at radius 1 is 1.48 bits per heavy atom. The van der Waals surface area contributed by atoms with E-state index in [0.29, 0.717) is 22.6 Å². The minimum atomic E-state index is -0.472. The molecule has 0 radical (unpaired) electrons. The first-order valence-corrected chi connectivity index (χ1v) is 6.89. The average Bonchev–Trinajstić information content (AvgIpc) is 3.23. The van der Waals surface area contributed by atoms with Crippen LogP contribution in [-0.4, -0.2) is 28.0 Å².